The van der Waals surface area contributed by atoms with Crippen LogP contribution in [0.25, 0.3) is 0 Å². The molecule has 1 aliphatic carbocycles. The molecule has 0 saturated heterocycles. The number of halogens is 2. The lowest BCUT2D eigenvalue weighted by Crippen LogP contribution is -2.37. The maximum Gasteiger partial charge on any atom is 0.233 e. The SMILES string of the molecule is CN1C(=O)[C@]2(C)C[C@@H]2c2cc(Cl)cc(F)c21. The minimum absolute atomic E-state index is 0.00576. The molecule has 0 radical (unpaired) electrons. The topological polar surface area (TPSA) is 20.3 Å². The van der Waals surface area contributed by atoms with Gasteiger partial charge >= 0.3 is 0 Å². The van der Waals surface area contributed by atoms with Gasteiger partial charge in [0.1, 0.15) is 5.82 Å². The second-order valence-corrected chi connectivity index (χ2v) is 5.30. The molecule has 2 atom stereocenters. The third-order valence-electron chi connectivity index (χ3n) is 3.80. The van der Waals surface area contributed by atoms with Crippen molar-refractivity contribution in [1.29, 1.82) is 0 Å². The summed E-state index contributed by atoms with van der Waals surface area (Å²) in [5.41, 5.74) is 0.933. The van der Waals surface area contributed by atoms with Crippen LogP contribution in [0.1, 0.15) is 24.8 Å². The van der Waals surface area contributed by atoms with Crippen molar-refractivity contribution in [2.45, 2.75) is 19.3 Å². The van der Waals surface area contributed by atoms with Gasteiger partial charge in [-0.05, 0) is 24.1 Å². The summed E-state index contributed by atoms with van der Waals surface area (Å²) < 4.78 is 13.8. The second kappa shape index (κ2) is 2.77. The van der Waals surface area contributed by atoms with Gasteiger partial charge in [0, 0.05) is 18.0 Å². The lowest BCUT2D eigenvalue weighted by Gasteiger charge is -2.29. The second-order valence-electron chi connectivity index (χ2n) is 4.86. The Balaban J connectivity index is 2.26. The number of fused-ring (bicyclic) bond motifs is 3. The fourth-order valence-electron chi connectivity index (χ4n) is 2.74. The largest absolute Gasteiger partial charge is 0.312 e. The summed E-state index contributed by atoms with van der Waals surface area (Å²) in [6, 6.07) is 3.04. The van der Waals surface area contributed by atoms with Crippen LogP contribution in [0.15, 0.2) is 12.1 Å². The van der Waals surface area contributed by atoms with Gasteiger partial charge in [0.05, 0.1) is 11.1 Å². The molecule has 3 rings (SSSR count). The molecule has 0 N–H and O–H groups in total. The lowest BCUT2D eigenvalue weighted by atomic mass is 9.93. The van der Waals surface area contributed by atoms with Crippen LogP contribution in [0.5, 0.6) is 0 Å². The van der Waals surface area contributed by atoms with E-state index in [4.69, 9.17) is 11.6 Å². The Morgan fingerprint density at radius 1 is 1.56 bits per heavy atom. The fraction of sp³-hybridized carbons (Fsp3) is 0.417. The minimum Gasteiger partial charge on any atom is -0.312 e. The van der Waals surface area contributed by atoms with Gasteiger partial charge in [-0.15, -0.1) is 0 Å². The van der Waals surface area contributed by atoms with Crippen molar-refractivity contribution >= 4 is 23.2 Å². The molecule has 1 fully saturated rings. The first-order chi connectivity index (χ1) is 7.45. The smallest absolute Gasteiger partial charge is 0.233 e. The number of carbonyl (C=O) groups is 1. The summed E-state index contributed by atoms with van der Waals surface area (Å²) in [5.74, 6) is -0.266. The van der Waals surface area contributed by atoms with Gasteiger partial charge in [0.25, 0.3) is 0 Å². The quantitative estimate of drug-likeness (QED) is 0.682. The number of rotatable bonds is 0. The maximum atomic E-state index is 13.8. The molecule has 2 nitrogen and oxygen atoms in total. The Morgan fingerprint density at radius 3 is 2.94 bits per heavy atom. The van der Waals surface area contributed by atoms with Crippen molar-refractivity contribution in [1.82, 2.24) is 0 Å². The zero-order valence-electron chi connectivity index (χ0n) is 9.05. The summed E-state index contributed by atoms with van der Waals surface area (Å²) in [5, 5.41) is 0.397. The molecule has 1 saturated carbocycles. The molecule has 1 aromatic rings. The van der Waals surface area contributed by atoms with Crippen LogP contribution in [-0.2, 0) is 4.79 Å². The monoisotopic (exact) mass is 239 g/mol. The first-order valence-electron chi connectivity index (χ1n) is 5.22. The standard InChI is InChI=1S/C12H11ClFNO/c1-12-5-8(12)7-3-6(13)4-9(14)10(7)15(2)11(12)16/h3-4,8H,5H2,1-2H3/t8-,12-/m1/s1. The number of carbonyl (C=O) groups excluding carboxylic acids is 1. The zero-order chi connectivity index (χ0) is 11.7. The molecule has 1 aliphatic heterocycles. The minimum atomic E-state index is -0.410. The van der Waals surface area contributed by atoms with Gasteiger partial charge in [-0.3, -0.25) is 4.79 Å². The van der Waals surface area contributed by atoms with Gasteiger partial charge in [0.2, 0.25) is 5.91 Å². The first-order valence-corrected chi connectivity index (χ1v) is 5.60. The van der Waals surface area contributed by atoms with Crippen molar-refractivity contribution in [2.24, 2.45) is 5.41 Å². The van der Waals surface area contributed by atoms with E-state index >= 15 is 0 Å². The molecule has 0 aromatic heterocycles. The lowest BCUT2D eigenvalue weighted by molar-refractivity contribution is -0.123. The van der Waals surface area contributed by atoms with Gasteiger partial charge in [-0.1, -0.05) is 18.5 Å². The highest BCUT2D eigenvalue weighted by atomic mass is 35.5. The molecule has 0 bridgehead atoms. The van der Waals surface area contributed by atoms with Crippen LogP contribution in [-0.4, -0.2) is 13.0 Å². The summed E-state index contributed by atoms with van der Waals surface area (Å²) >= 11 is 5.85. The van der Waals surface area contributed by atoms with E-state index in [2.05, 4.69) is 0 Å². The molecule has 1 heterocycles. The van der Waals surface area contributed by atoms with Crippen molar-refractivity contribution in [3.8, 4) is 0 Å². The van der Waals surface area contributed by atoms with Gasteiger partial charge in [-0.2, -0.15) is 0 Å². The Kier molecular flexibility index (Phi) is 1.75. The number of hydrogen-bond donors (Lipinski definition) is 0. The summed E-state index contributed by atoms with van der Waals surface area (Å²) in [6.45, 7) is 1.93. The predicted octanol–water partition coefficient (Wildman–Crippen LogP) is 2.95. The number of nitrogens with zero attached hydrogens (tertiary/aromatic N) is 1. The molecule has 0 unspecified atom stereocenters. The van der Waals surface area contributed by atoms with E-state index in [-0.39, 0.29) is 17.2 Å². The highest BCUT2D eigenvalue weighted by Crippen LogP contribution is 2.65. The number of anilines is 1. The molecule has 4 heteroatoms. The molecule has 2 aliphatic rings. The Hall–Kier alpha value is -1.09. The average Bonchev–Trinajstić information content (AvgIpc) is 2.88. The number of amides is 1. The fourth-order valence-corrected chi connectivity index (χ4v) is 2.96. The van der Waals surface area contributed by atoms with E-state index in [1.165, 1.54) is 11.0 Å². The van der Waals surface area contributed by atoms with Crippen molar-refractivity contribution in [2.75, 3.05) is 11.9 Å². The van der Waals surface area contributed by atoms with Crippen molar-refractivity contribution in [3.05, 3.63) is 28.5 Å². The third kappa shape index (κ3) is 1.04. The van der Waals surface area contributed by atoms with Gasteiger partial charge in [0.15, 0.2) is 0 Å². The van der Waals surface area contributed by atoms with Crippen molar-refractivity contribution < 1.29 is 9.18 Å². The molecule has 0 spiro atoms. The van der Waals surface area contributed by atoms with Crippen LogP contribution in [0.4, 0.5) is 10.1 Å². The molecular weight excluding hydrogens is 229 g/mol. The van der Waals surface area contributed by atoms with Gasteiger partial charge < -0.3 is 4.90 Å². The van der Waals surface area contributed by atoms with Crippen molar-refractivity contribution in [3.63, 3.8) is 0 Å². The normalized spacial score (nSPS) is 31.1. The van der Waals surface area contributed by atoms with E-state index in [9.17, 15) is 9.18 Å². The number of hydrogen-bond acceptors (Lipinski definition) is 1. The van der Waals surface area contributed by atoms with E-state index in [0.29, 0.717) is 10.7 Å². The average molecular weight is 240 g/mol. The predicted molar refractivity (Wildman–Crippen MR) is 60.3 cm³/mol. The van der Waals surface area contributed by atoms with Crippen LogP contribution >= 0.6 is 11.6 Å². The Labute approximate surface area is 98.0 Å². The third-order valence-corrected chi connectivity index (χ3v) is 4.02. The van der Waals surface area contributed by atoms with E-state index in [1.54, 1.807) is 13.1 Å². The van der Waals surface area contributed by atoms with Crippen LogP contribution in [0.2, 0.25) is 5.02 Å². The Morgan fingerprint density at radius 2 is 2.25 bits per heavy atom. The van der Waals surface area contributed by atoms with Gasteiger partial charge in [-0.25, -0.2) is 4.39 Å². The summed E-state index contributed by atoms with van der Waals surface area (Å²) in [4.78, 5) is 13.4. The Bertz CT molecular complexity index is 516. The molecular formula is C12H11ClFNO. The van der Waals surface area contributed by atoms with E-state index < -0.39 is 5.82 Å². The van der Waals surface area contributed by atoms with Crippen LogP contribution in [0.3, 0.4) is 0 Å². The molecule has 16 heavy (non-hydrogen) atoms. The van der Waals surface area contributed by atoms with Crippen LogP contribution < -0.4 is 4.90 Å². The molecule has 84 valence electrons. The molecule has 1 aromatic carbocycles. The maximum absolute atomic E-state index is 13.8. The summed E-state index contributed by atoms with van der Waals surface area (Å²) in [6.07, 6.45) is 0.795. The number of benzene rings is 1. The highest BCUT2D eigenvalue weighted by Gasteiger charge is 2.61. The van der Waals surface area contributed by atoms with Crippen LogP contribution in [0, 0.1) is 11.2 Å². The summed E-state index contributed by atoms with van der Waals surface area (Å²) in [7, 11) is 1.62. The first kappa shape index (κ1) is 10.1. The van der Waals surface area contributed by atoms with E-state index in [1.807, 2.05) is 6.92 Å². The molecule has 1 amide bonds. The zero-order valence-corrected chi connectivity index (χ0v) is 9.81. The van der Waals surface area contributed by atoms with E-state index in [0.717, 1.165) is 12.0 Å². The highest BCUT2D eigenvalue weighted by molar-refractivity contribution is 6.30.